The number of rotatable bonds is 4. The second-order valence-electron chi connectivity index (χ2n) is 11.0. The van der Waals surface area contributed by atoms with Crippen molar-refractivity contribution in [2.75, 3.05) is 79.0 Å². The standard InChI is InChI=1S/C28H37N7O4S/c1-3-25(36)34-10-8-33(9-11-34)21-4-6-32(7-5-21)22-16-20(2)26-24(17-22)31-27-23(18-39-26)28(30-19-29-27)35-12-14-40(37,38)15-13-35/h3,16-17,19,21H,1,4-15,18H2,2H3,(H,29,30,31). The van der Waals surface area contributed by atoms with E-state index in [1.54, 1.807) is 0 Å². The van der Waals surface area contributed by atoms with Crippen LogP contribution in [0.4, 0.5) is 23.0 Å². The van der Waals surface area contributed by atoms with Crippen LogP contribution in [0.25, 0.3) is 0 Å². The Labute approximate surface area is 235 Å². The van der Waals surface area contributed by atoms with Gasteiger partial charge >= 0.3 is 0 Å². The van der Waals surface area contributed by atoms with Crippen molar-refractivity contribution in [3.63, 3.8) is 0 Å². The highest BCUT2D eigenvalue weighted by atomic mass is 32.2. The third-order valence-electron chi connectivity index (χ3n) is 8.59. The van der Waals surface area contributed by atoms with Crippen LogP contribution in [-0.4, -0.2) is 104 Å². The molecule has 0 atom stereocenters. The van der Waals surface area contributed by atoms with Crippen molar-refractivity contribution in [2.45, 2.75) is 32.4 Å². The van der Waals surface area contributed by atoms with E-state index in [1.807, 2.05) is 9.80 Å². The number of piperidine rings is 1. The molecule has 0 spiro atoms. The SMILES string of the molecule is C=CC(=O)N1CCN(C2CCN(c3cc(C)c4c(c3)Nc3ncnc(N5CCS(=O)(=O)CC5)c3CO4)CC2)CC1. The van der Waals surface area contributed by atoms with Gasteiger partial charge in [0.1, 0.15) is 30.3 Å². The Kier molecular flexibility index (Phi) is 7.30. The van der Waals surface area contributed by atoms with Crippen LogP contribution in [0, 0.1) is 6.92 Å². The summed E-state index contributed by atoms with van der Waals surface area (Å²) in [5.41, 5.74) is 3.93. The third-order valence-corrected chi connectivity index (χ3v) is 10.2. The number of aromatic nitrogens is 2. The quantitative estimate of drug-likeness (QED) is 0.551. The average molecular weight is 568 g/mol. The number of amides is 1. The molecule has 1 aromatic carbocycles. The first-order valence-electron chi connectivity index (χ1n) is 14.1. The number of aryl methyl sites for hydroxylation is 1. The number of fused-ring (bicyclic) bond motifs is 2. The number of sulfone groups is 1. The maximum atomic E-state index is 11.9. The minimum atomic E-state index is -2.99. The van der Waals surface area contributed by atoms with Gasteiger partial charge in [0.25, 0.3) is 0 Å². The molecular formula is C28H37N7O4S. The molecule has 0 radical (unpaired) electrons. The van der Waals surface area contributed by atoms with E-state index >= 15 is 0 Å². The Morgan fingerprint density at radius 1 is 1.02 bits per heavy atom. The summed E-state index contributed by atoms with van der Waals surface area (Å²) in [6, 6.07) is 4.87. The highest BCUT2D eigenvalue weighted by molar-refractivity contribution is 7.91. The second kappa shape index (κ2) is 10.9. The third kappa shape index (κ3) is 5.34. The molecule has 3 fully saturated rings. The monoisotopic (exact) mass is 567 g/mol. The normalized spacial score (nSPS) is 21.5. The summed E-state index contributed by atoms with van der Waals surface area (Å²) in [4.78, 5) is 29.8. The number of nitrogens with one attached hydrogen (secondary N) is 1. The van der Waals surface area contributed by atoms with E-state index in [1.165, 1.54) is 12.4 Å². The summed E-state index contributed by atoms with van der Waals surface area (Å²) in [5.74, 6) is 2.51. The van der Waals surface area contributed by atoms with Gasteiger partial charge in [-0.25, -0.2) is 18.4 Å². The van der Waals surface area contributed by atoms with Crippen molar-refractivity contribution in [2.24, 2.45) is 0 Å². The number of hydrogen-bond donors (Lipinski definition) is 1. The van der Waals surface area contributed by atoms with Gasteiger partial charge in [-0.2, -0.15) is 0 Å². The second-order valence-corrected chi connectivity index (χ2v) is 13.3. The molecule has 6 rings (SSSR count). The Hall–Kier alpha value is -3.38. The summed E-state index contributed by atoms with van der Waals surface area (Å²) in [6.45, 7) is 12.1. The van der Waals surface area contributed by atoms with Crippen LogP contribution in [0.2, 0.25) is 0 Å². The number of nitrogens with zero attached hydrogens (tertiary/aromatic N) is 6. The van der Waals surface area contributed by atoms with Crippen molar-refractivity contribution in [1.82, 2.24) is 19.8 Å². The molecular weight excluding hydrogens is 530 g/mol. The van der Waals surface area contributed by atoms with E-state index in [2.05, 4.69) is 50.7 Å². The van der Waals surface area contributed by atoms with E-state index in [0.29, 0.717) is 31.6 Å². The number of carbonyl (C=O) groups excluding carboxylic acids is 1. The lowest BCUT2D eigenvalue weighted by atomic mass is 10.0. The predicted molar refractivity (Wildman–Crippen MR) is 155 cm³/mol. The van der Waals surface area contributed by atoms with E-state index in [0.717, 1.165) is 86.2 Å². The minimum Gasteiger partial charge on any atom is -0.486 e. The number of benzene rings is 1. The van der Waals surface area contributed by atoms with Gasteiger partial charge in [-0.05, 0) is 43.5 Å². The molecule has 12 heteroatoms. The van der Waals surface area contributed by atoms with Gasteiger partial charge in [-0.3, -0.25) is 9.69 Å². The lowest BCUT2D eigenvalue weighted by molar-refractivity contribution is -0.128. The molecule has 11 nitrogen and oxygen atoms in total. The Bertz CT molecular complexity index is 1390. The van der Waals surface area contributed by atoms with Crippen LogP contribution in [0.1, 0.15) is 24.0 Å². The lowest BCUT2D eigenvalue weighted by Gasteiger charge is -2.43. The summed E-state index contributed by atoms with van der Waals surface area (Å²) in [5, 5.41) is 3.50. The van der Waals surface area contributed by atoms with Crippen molar-refractivity contribution in [1.29, 1.82) is 0 Å². The van der Waals surface area contributed by atoms with Crippen molar-refractivity contribution in [3.05, 3.63) is 42.2 Å². The molecule has 0 aliphatic carbocycles. The molecule has 0 saturated carbocycles. The van der Waals surface area contributed by atoms with Crippen LogP contribution in [0.3, 0.4) is 0 Å². The summed E-state index contributed by atoms with van der Waals surface area (Å²) in [7, 11) is -2.99. The first kappa shape index (κ1) is 26.8. The number of hydrogen-bond acceptors (Lipinski definition) is 10. The van der Waals surface area contributed by atoms with E-state index in [-0.39, 0.29) is 17.4 Å². The topological polar surface area (TPSA) is 111 Å². The summed E-state index contributed by atoms with van der Waals surface area (Å²) in [6.07, 6.45) is 5.11. The van der Waals surface area contributed by atoms with Gasteiger partial charge in [-0.15, -0.1) is 0 Å². The molecule has 2 aromatic rings. The summed E-state index contributed by atoms with van der Waals surface area (Å²) < 4.78 is 30.2. The zero-order valence-electron chi connectivity index (χ0n) is 23.0. The fraction of sp³-hybridized carbons (Fsp3) is 0.536. The molecule has 214 valence electrons. The first-order chi connectivity index (χ1) is 19.3. The van der Waals surface area contributed by atoms with Crippen molar-refractivity contribution < 1.29 is 17.9 Å². The zero-order valence-corrected chi connectivity index (χ0v) is 23.8. The van der Waals surface area contributed by atoms with Crippen LogP contribution in [-0.2, 0) is 21.2 Å². The molecule has 4 aliphatic heterocycles. The number of ether oxygens (including phenoxy) is 1. The maximum absolute atomic E-state index is 11.9. The van der Waals surface area contributed by atoms with Gasteiger partial charge < -0.3 is 24.8 Å². The maximum Gasteiger partial charge on any atom is 0.246 e. The number of carbonyl (C=O) groups is 1. The number of anilines is 4. The first-order valence-corrected chi connectivity index (χ1v) is 15.9. The van der Waals surface area contributed by atoms with Crippen LogP contribution < -0.4 is 19.9 Å². The average Bonchev–Trinajstić information content (AvgIpc) is 3.17. The van der Waals surface area contributed by atoms with Gasteiger partial charge in [0.2, 0.25) is 5.91 Å². The van der Waals surface area contributed by atoms with Crippen LogP contribution in [0.15, 0.2) is 31.1 Å². The fourth-order valence-corrected chi connectivity index (χ4v) is 7.46. The number of piperazine rings is 1. The molecule has 40 heavy (non-hydrogen) atoms. The van der Waals surface area contributed by atoms with Gasteiger partial charge in [-0.1, -0.05) is 6.58 Å². The Morgan fingerprint density at radius 2 is 1.75 bits per heavy atom. The molecule has 3 saturated heterocycles. The Morgan fingerprint density at radius 3 is 2.45 bits per heavy atom. The molecule has 4 aliphatic rings. The molecule has 5 heterocycles. The largest absolute Gasteiger partial charge is 0.486 e. The van der Waals surface area contributed by atoms with Crippen molar-refractivity contribution >= 4 is 38.8 Å². The van der Waals surface area contributed by atoms with E-state index in [9.17, 15) is 13.2 Å². The zero-order chi connectivity index (χ0) is 27.9. The molecule has 0 unspecified atom stereocenters. The predicted octanol–water partition coefficient (Wildman–Crippen LogP) is 1.95. The highest BCUT2D eigenvalue weighted by Gasteiger charge is 2.30. The highest BCUT2D eigenvalue weighted by Crippen LogP contribution is 2.41. The lowest BCUT2D eigenvalue weighted by Crippen LogP contribution is -2.54. The Balaban J connectivity index is 1.14. The van der Waals surface area contributed by atoms with Crippen LogP contribution in [0.5, 0.6) is 5.75 Å². The molecule has 1 amide bonds. The van der Waals surface area contributed by atoms with Crippen molar-refractivity contribution in [3.8, 4) is 5.75 Å². The van der Waals surface area contributed by atoms with Gasteiger partial charge in [0, 0.05) is 64.1 Å². The van der Waals surface area contributed by atoms with Crippen LogP contribution >= 0.6 is 0 Å². The molecule has 1 N–H and O–H groups in total. The minimum absolute atomic E-state index is 0.0258. The fourth-order valence-electron chi connectivity index (χ4n) is 6.26. The smallest absolute Gasteiger partial charge is 0.246 e. The van der Waals surface area contributed by atoms with E-state index < -0.39 is 9.84 Å². The van der Waals surface area contributed by atoms with E-state index in [4.69, 9.17) is 4.74 Å². The van der Waals surface area contributed by atoms with Gasteiger partial charge in [0.15, 0.2) is 9.84 Å². The molecule has 1 aromatic heterocycles. The van der Waals surface area contributed by atoms with Gasteiger partial charge in [0.05, 0.1) is 22.8 Å². The summed E-state index contributed by atoms with van der Waals surface area (Å²) >= 11 is 0. The molecule has 0 bridgehead atoms.